The lowest BCUT2D eigenvalue weighted by Gasteiger charge is -2.42. The number of ether oxygens (including phenoxy) is 1. The standard InChI is InChI=1S/C32H35N3O4S.CH4O/c1-20-6-9-26(39-16-23-8-7-22(13-21(23)2)29(37)34-10-4-3-5-11-34)24(12-20)25-17-40-30(33-25)35-15-28-31(18-35)14-27(31)32(28,38)19-36;1-2/h6-9,12-13,17,19,27-28,38H,3-5,10-11,14-16,18H2,1-2H3;2H,1H3. The Morgan fingerprint density at radius 2 is 1.90 bits per heavy atom. The van der Waals surface area contributed by atoms with Gasteiger partial charge in [0.25, 0.3) is 5.91 Å². The van der Waals surface area contributed by atoms with Gasteiger partial charge in [-0.25, -0.2) is 4.98 Å². The molecule has 3 heterocycles. The molecule has 0 bridgehead atoms. The molecule has 2 saturated heterocycles. The number of amides is 1. The molecule has 8 nitrogen and oxygen atoms in total. The average molecular weight is 590 g/mol. The Kier molecular flexibility index (Phi) is 7.62. The molecular formula is C33H39N3O5S. The third-order valence-corrected chi connectivity index (χ3v) is 10.7. The zero-order valence-corrected chi connectivity index (χ0v) is 25.3. The molecule has 4 unspecified atom stereocenters. The van der Waals surface area contributed by atoms with Gasteiger partial charge >= 0.3 is 0 Å². The van der Waals surface area contributed by atoms with Gasteiger partial charge in [-0.3, -0.25) is 4.79 Å². The fourth-order valence-corrected chi connectivity index (χ4v) is 8.27. The van der Waals surface area contributed by atoms with Crippen LogP contribution in [-0.2, 0) is 11.4 Å². The number of aromatic nitrogens is 1. The second kappa shape index (κ2) is 11.1. The topological polar surface area (TPSA) is 103 Å². The molecule has 1 spiro atoms. The van der Waals surface area contributed by atoms with Crippen molar-refractivity contribution >= 4 is 28.7 Å². The van der Waals surface area contributed by atoms with Crippen LogP contribution >= 0.6 is 11.3 Å². The number of anilines is 1. The van der Waals surface area contributed by atoms with Crippen molar-refractivity contribution in [1.82, 2.24) is 9.88 Å². The van der Waals surface area contributed by atoms with Crippen molar-refractivity contribution in [3.05, 3.63) is 64.0 Å². The lowest BCUT2D eigenvalue weighted by molar-refractivity contribution is -0.152. The number of hydrogen-bond acceptors (Lipinski definition) is 8. The average Bonchev–Trinajstić information content (AvgIpc) is 3.29. The van der Waals surface area contributed by atoms with E-state index in [0.29, 0.717) is 13.2 Å². The first kappa shape index (κ1) is 28.8. The van der Waals surface area contributed by atoms with Gasteiger partial charge in [0.05, 0.1) is 5.69 Å². The summed E-state index contributed by atoms with van der Waals surface area (Å²) in [5.41, 5.74) is 4.74. The van der Waals surface area contributed by atoms with Crippen LogP contribution < -0.4 is 9.64 Å². The second-order valence-corrected chi connectivity index (χ2v) is 13.1. The van der Waals surface area contributed by atoms with E-state index in [9.17, 15) is 14.7 Å². The lowest BCUT2D eigenvalue weighted by atomic mass is 9.64. The molecule has 7 rings (SSSR count). The third kappa shape index (κ3) is 4.71. The maximum atomic E-state index is 12.9. The minimum absolute atomic E-state index is 0.0116. The Bertz CT molecular complexity index is 1500. The van der Waals surface area contributed by atoms with Gasteiger partial charge in [0.15, 0.2) is 11.4 Å². The van der Waals surface area contributed by atoms with Crippen LogP contribution in [0, 0.1) is 31.1 Å². The third-order valence-electron chi connectivity index (χ3n) is 9.79. The van der Waals surface area contributed by atoms with Crippen LogP contribution in [0.5, 0.6) is 5.75 Å². The van der Waals surface area contributed by atoms with Crippen LogP contribution in [0.4, 0.5) is 5.13 Å². The number of rotatable bonds is 7. The van der Waals surface area contributed by atoms with Crippen LogP contribution in [-0.4, -0.2) is 71.2 Å². The molecule has 1 aromatic heterocycles. The number of nitrogens with zero attached hydrogens (tertiary/aromatic N) is 3. The number of aldehydes is 1. The SMILES string of the molecule is CO.Cc1ccc(OCc2ccc(C(=O)N3CCCCC3)cc2C)c(-c2csc(N3CC4C(O)(C=O)C5CC45C3)n2)c1. The molecule has 42 heavy (non-hydrogen) atoms. The maximum absolute atomic E-state index is 12.9. The van der Waals surface area contributed by atoms with Crippen molar-refractivity contribution in [3.8, 4) is 17.0 Å². The van der Waals surface area contributed by atoms with E-state index in [4.69, 9.17) is 14.8 Å². The van der Waals surface area contributed by atoms with Crippen molar-refractivity contribution in [2.75, 3.05) is 38.2 Å². The van der Waals surface area contributed by atoms with Crippen molar-refractivity contribution in [2.24, 2.45) is 17.3 Å². The molecule has 3 aromatic rings. The van der Waals surface area contributed by atoms with Crippen LogP contribution in [0.15, 0.2) is 41.8 Å². The fourth-order valence-electron chi connectivity index (χ4n) is 7.43. The maximum Gasteiger partial charge on any atom is 0.253 e. The summed E-state index contributed by atoms with van der Waals surface area (Å²) in [6.45, 7) is 7.72. The second-order valence-electron chi connectivity index (χ2n) is 12.2. The summed E-state index contributed by atoms with van der Waals surface area (Å²) in [7, 11) is 1.00. The largest absolute Gasteiger partial charge is 0.488 e. The molecule has 2 aliphatic carbocycles. The summed E-state index contributed by atoms with van der Waals surface area (Å²) in [6.07, 6.45) is 5.07. The van der Waals surface area contributed by atoms with Gasteiger partial charge in [0, 0.05) is 67.0 Å². The highest BCUT2D eigenvalue weighted by Gasteiger charge is 2.83. The Balaban J connectivity index is 0.00000155. The first-order valence-corrected chi connectivity index (χ1v) is 15.7. The van der Waals surface area contributed by atoms with E-state index in [1.165, 1.54) is 6.42 Å². The molecular weight excluding hydrogens is 550 g/mol. The fraction of sp³-hybridized carbons (Fsp3) is 0.485. The van der Waals surface area contributed by atoms with E-state index in [0.717, 1.165) is 96.7 Å². The molecule has 222 valence electrons. The van der Waals surface area contributed by atoms with E-state index in [2.05, 4.69) is 23.3 Å². The summed E-state index contributed by atoms with van der Waals surface area (Å²) in [5, 5.41) is 20.7. The lowest BCUT2D eigenvalue weighted by Crippen LogP contribution is -2.56. The molecule has 9 heteroatoms. The van der Waals surface area contributed by atoms with E-state index >= 15 is 0 Å². The normalized spacial score (nSPS) is 27.3. The van der Waals surface area contributed by atoms with Crippen LogP contribution in [0.2, 0.25) is 0 Å². The molecule has 2 aliphatic heterocycles. The first-order valence-electron chi connectivity index (χ1n) is 14.8. The van der Waals surface area contributed by atoms with Gasteiger partial charge in [0.2, 0.25) is 0 Å². The number of aliphatic hydroxyl groups excluding tert-OH is 1. The highest BCUT2D eigenvalue weighted by molar-refractivity contribution is 7.14. The zero-order chi connectivity index (χ0) is 29.6. The Morgan fingerprint density at radius 3 is 2.64 bits per heavy atom. The van der Waals surface area contributed by atoms with Gasteiger partial charge < -0.3 is 29.5 Å². The van der Waals surface area contributed by atoms with Gasteiger partial charge in [-0.15, -0.1) is 11.3 Å². The number of thiazole rings is 1. The Labute approximate surface area is 251 Å². The number of likely N-dealkylation sites (tertiary alicyclic amines) is 1. The highest BCUT2D eigenvalue weighted by atomic mass is 32.1. The quantitative estimate of drug-likeness (QED) is 0.388. The predicted molar refractivity (Wildman–Crippen MR) is 163 cm³/mol. The molecule has 0 radical (unpaired) electrons. The van der Waals surface area contributed by atoms with Gasteiger partial charge in [0.1, 0.15) is 18.0 Å². The van der Waals surface area contributed by atoms with Crippen molar-refractivity contribution in [2.45, 2.75) is 51.7 Å². The minimum atomic E-state index is -1.15. The highest BCUT2D eigenvalue weighted by Crippen LogP contribution is 2.77. The van der Waals surface area contributed by atoms with E-state index in [1.54, 1.807) is 11.3 Å². The summed E-state index contributed by atoms with van der Waals surface area (Å²) < 4.78 is 6.36. The molecule has 4 fully saturated rings. The van der Waals surface area contributed by atoms with Crippen LogP contribution in [0.25, 0.3) is 11.3 Å². The summed E-state index contributed by atoms with van der Waals surface area (Å²) in [5.74, 6) is 1.02. The molecule has 2 saturated carbocycles. The van der Waals surface area contributed by atoms with E-state index in [1.807, 2.05) is 42.2 Å². The molecule has 2 aromatic carbocycles. The molecule has 1 amide bonds. The van der Waals surface area contributed by atoms with E-state index in [-0.39, 0.29) is 23.2 Å². The predicted octanol–water partition coefficient (Wildman–Crippen LogP) is 4.63. The molecule has 2 N–H and O–H groups in total. The molecule has 4 atom stereocenters. The van der Waals surface area contributed by atoms with E-state index < -0.39 is 5.60 Å². The number of aliphatic hydroxyl groups is 2. The van der Waals surface area contributed by atoms with Crippen molar-refractivity contribution in [1.29, 1.82) is 0 Å². The summed E-state index contributed by atoms with van der Waals surface area (Å²) >= 11 is 1.60. The van der Waals surface area contributed by atoms with Gasteiger partial charge in [-0.1, -0.05) is 17.7 Å². The Morgan fingerprint density at radius 1 is 1.12 bits per heavy atom. The van der Waals surface area contributed by atoms with Gasteiger partial charge in [-0.2, -0.15) is 0 Å². The number of aryl methyl sites for hydroxylation is 2. The summed E-state index contributed by atoms with van der Waals surface area (Å²) in [4.78, 5) is 33.7. The number of benzene rings is 2. The summed E-state index contributed by atoms with van der Waals surface area (Å²) in [6, 6.07) is 12.1. The smallest absolute Gasteiger partial charge is 0.253 e. The number of hydrogen-bond donors (Lipinski definition) is 2. The Hall–Kier alpha value is -3.27. The zero-order valence-electron chi connectivity index (χ0n) is 24.5. The number of carbonyl (C=O) groups excluding carboxylic acids is 2. The van der Waals surface area contributed by atoms with Gasteiger partial charge in [-0.05, 0) is 74.9 Å². The minimum Gasteiger partial charge on any atom is -0.488 e. The van der Waals surface area contributed by atoms with Crippen LogP contribution in [0.3, 0.4) is 0 Å². The number of carbonyl (C=O) groups is 2. The monoisotopic (exact) mass is 589 g/mol. The molecule has 4 aliphatic rings. The first-order chi connectivity index (χ1) is 20.3. The number of piperidine rings is 1. The van der Waals surface area contributed by atoms with Crippen molar-refractivity contribution in [3.63, 3.8) is 0 Å². The van der Waals surface area contributed by atoms with Crippen LogP contribution in [0.1, 0.15) is 52.7 Å². The van der Waals surface area contributed by atoms with Crippen molar-refractivity contribution < 1.29 is 24.5 Å².